The number of esters is 1. The molecule has 0 saturated carbocycles. The molecular formula is C36H66O12S. The Hall–Kier alpha value is -1.42. The lowest BCUT2D eigenvalue weighted by molar-refractivity contribution is -0.301. The first-order valence-corrected chi connectivity index (χ1v) is 20.0. The fourth-order valence-corrected chi connectivity index (χ4v) is 5.93. The van der Waals surface area contributed by atoms with E-state index in [-0.39, 0.29) is 19.6 Å². The van der Waals surface area contributed by atoms with Gasteiger partial charge in [0.05, 0.1) is 19.8 Å². The third-order valence-corrected chi connectivity index (χ3v) is 8.74. The monoisotopic (exact) mass is 722 g/mol. The predicted molar refractivity (Wildman–Crippen MR) is 188 cm³/mol. The van der Waals surface area contributed by atoms with E-state index < -0.39 is 59.8 Å². The zero-order valence-corrected chi connectivity index (χ0v) is 30.8. The summed E-state index contributed by atoms with van der Waals surface area (Å²) in [6.07, 6.45) is 19.5. The molecule has 6 atom stereocenters. The van der Waals surface area contributed by atoms with Crippen LogP contribution in [0, 0.1) is 0 Å². The van der Waals surface area contributed by atoms with E-state index in [9.17, 15) is 28.5 Å². The van der Waals surface area contributed by atoms with Crippen LogP contribution in [0.4, 0.5) is 0 Å². The van der Waals surface area contributed by atoms with Gasteiger partial charge < -0.3 is 34.3 Å². The van der Waals surface area contributed by atoms with Crippen molar-refractivity contribution in [1.82, 2.24) is 0 Å². The van der Waals surface area contributed by atoms with Crippen molar-refractivity contribution >= 4 is 16.4 Å². The lowest BCUT2D eigenvalue weighted by Gasteiger charge is -2.41. The van der Waals surface area contributed by atoms with E-state index >= 15 is 0 Å². The lowest BCUT2D eigenvalue weighted by atomic mass is 9.99. The van der Waals surface area contributed by atoms with Gasteiger partial charge in [-0.05, 0) is 51.4 Å². The first-order valence-electron chi connectivity index (χ1n) is 18.6. The average molecular weight is 723 g/mol. The Morgan fingerprint density at radius 1 is 0.755 bits per heavy atom. The van der Waals surface area contributed by atoms with Gasteiger partial charge in [-0.3, -0.25) is 9.35 Å². The minimum atomic E-state index is -5.05. The summed E-state index contributed by atoms with van der Waals surface area (Å²) in [4.78, 5) is 12.7. The molecule has 0 bridgehead atoms. The van der Waals surface area contributed by atoms with Crippen molar-refractivity contribution in [1.29, 1.82) is 0 Å². The molecule has 1 fully saturated rings. The van der Waals surface area contributed by atoms with Gasteiger partial charge in [0.2, 0.25) is 0 Å². The van der Waals surface area contributed by atoms with Crippen LogP contribution >= 0.6 is 0 Å². The zero-order chi connectivity index (χ0) is 36.2. The molecule has 0 aromatic rings. The molecule has 288 valence electrons. The highest BCUT2D eigenvalue weighted by atomic mass is 32.3. The molecule has 1 saturated heterocycles. The molecular weight excluding hydrogens is 656 g/mol. The summed E-state index contributed by atoms with van der Waals surface area (Å²) < 4.78 is 58.6. The topological polar surface area (TPSA) is 178 Å². The van der Waals surface area contributed by atoms with Crippen LogP contribution in [0.3, 0.4) is 0 Å². The van der Waals surface area contributed by atoms with Crippen molar-refractivity contribution in [3.63, 3.8) is 0 Å². The number of unbranched alkanes of at least 4 members (excludes halogenated alkanes) is 14. The quantitative estimate of drug-likeness (QED) is 0.0279. The Bertz CT molecular complexity index is 973. The highest BCUT2D eigenvalue weighted by Gasteiger charge is 2.48. The number of aliphatic hydroxyl groups is 3. The van der Waals surface area contributed by atoms with E-state index in [1.165, 1.54) is 32.1 Å². The third kappa shape index (κ3) is 23.6. The summed E-state index contributed by atoms with van der Waals surface area (Å²) in [6, 6.07) is 0. The van der Waals surface area contributed by atoms with E-state index in [1.54, 1.807) is 0 Å². The Balaban J connectivity index is 2.54. The Morgan fingerprint density at radius 2 is 1.33 bits per heavy atom. The molecule has 0 aliphatic carbocycles. The highest BCUT2D eigenvalue weighted by molar-refractivity contribution is 7.80. The summed E-state index contributed by atoms with van der Waals surface area (Å²) in [7, 11) is -5.05. The summed E-state index contributed by atoms with van der Waals surface area (Å²) in [6.45, 7) is 3.83. The minimum absolute atomic E-state index is 0.0292. The van der Waals surface area contributed by atoms with Gasteiger partial charge in [0.25, 0.3) is 0 Å². The van der Waals surface area contributed by atoms with Crippen LogP contribution in [0.2, 0.25) is 0 Å². The van der Waals surface area contributed by atoms with Gasteiger partial charge in [-0.2, -0.15) is 8.42 Å². The second-order valence-corrected chi connectivity index (χ2v) is 13.9. The second kappa shape index (κ2) is 29.2. The number of ether oxygens (including phenoxy) is 4. The SMILES string of the molecule is CCC/C=C\CCCCCCCC(=O)OC(COCCCCCCCC/C=C\CCCC)COC1OC(CO)C(O)C(OS(=O)(=O)O)C1O. The van der Waals surface area contributed by atoms with E-state index in [0.717, 1.165) is 77.0 Å². The minimum Gasteiger partial charge on any atom is -0.457 e. The normalized spacial score (nSPS) is 22.3. The van der Waals surface area contributed by atoms with Gasteiger partial charge >= 0.3 is 16.4 Å². The number of carbonyl (C=O) groups excluding carboxylic acids is 1. The summed E-state index contributed by atoms with van der Waals surface area (Å²) in [5.41, 5.74) is 0. The maximum atomic E-state index is 12.7. The number of rotatable bonds is 31. The first kappa shape index (κ1) is 45.6. The van der Waals surface area contributed by atoms with E-state index in [0.29, 0.717) is 13.0 Å². The van der Waals surface area contributed by atoms with Gasteiger partial charge in [0.1, 0.15) is 30.5 Å². The van der Waals surface area contributed by atoms with Gasteiger partial charge in [-0.15, -0.1) is 0 Å². The van der Waals surface area contributed by atoms with Crippen molar-refractivity contribution in [2.45, 2.75) is 173 Å². The maximum absolute atomic E-state index is 12.7. The van der Waals surface area contributed by atoms with Gasteiger partial charge in [-0.1, -0.05) is 102 Å². The Labute approximate surface area is 295 Å². The smallest absolute Gasteiger partial charge is 0.397 e. The molecule has 13 heteroatoms. The molecule has 0 radical (unpaired) electrons. The maximum Gasteiger partial charge on any atom is 0.397 e. The zero-order valence-electron chi connectivity index (χ0n) is 30.0. The lowest BCUT2D eigenvalue weighted by Crippen LogP contribution is -2.60. The average Bonchev–Trinajstić information content (AvgIpc) is 3.06. The molecule has 49 heavy (non-hydrogen) atoms. The van der Waals surface area contributed by atoms with Crippen LogP contribution in [0.1, 0.15) is 136 Å². The number of hydrogen-bond donors (Lipinski definition) is 4. The summed E-state index contributed by atoms with van der Waals surface area (Å²) in [5.74, 6) is -0.416. The van der Waals surface area contributed by atoms with Crippen molar-refractivity contribution in [3.05, 3.63) is 24.3 Å². The highest BCUT2D eigenvalue weighted by Crippen LogP contribution is 2.26. The van der Waals surface area contributed by atoms with Gasteiger partial charge in [0, 0.05) is 13.0 Å². The summed E-state index contributed by atoms with van der Waals surface area (Å²) in [5, 5.41) is 30.5. The van der Waals surface area contributed by atoms with Crippen LogP contribution < -0.4 is 0 Å². The van der Waals surface area contributed by atoms with E-state index in [4.69, 9.17) is 23.5 Å². The summed E-state index contributed by atoms with van der Waals surface area (Å²) >= 11 is 0. The Morgan fingerprint density at radius 3 is 1.92 bits per heavy atom. The van der Waals surface area contributed by atoms with E-state index in [2.05, 4.69) is 42.3 Å². The van der Waals surface area contributed by atoms with Crippen molar-refractivity contribution in [3.8, 4) is 0 Å². The van der Waals surface area contributed by atoms with Crippen LogP contribution in [-0.2, 0) is 38.3 Å². The molecule has 6 unspecified atom stereocenters. The molecule has 0 aromatic heterocycles. The fraction of sp³-hybridized carbons (Fsp3) is 0.861. The molecule has 1 heterocycles. The molecule has 1 aliphatic rings. The Kier molecular flexibility index (Phi) is 27.2. The first-order chi connectivity index (χ1) is 23.6. The van der Waals surface area contributed by atoms with Gasteiger partial charge in [0.15, 0.2) is 6.29 Å². The van der Waals surface area contributed by atoms with Crippen molar-refractivity contribution in [2.75, 3.05) is 26.4 Å². The molecule has 1 rings (SSSR count). The number of carbonyl (C=O) groups is 1. The van der Waals surface area contributed by atoms with Crippen LogP contribution in [0.25, 0.3) is 0 Å². The number of hydrogen-bond acceptors (Lipinski definition) is 11. The van der Waals surface area contributed by atoms with Gasteiger partial charge in [-0.25, -0.2) is 4.18 Å². The number of allylic oxidation sites excluding steroid dienone is 4. The van der Waals surface area contributed by atoms with Crippen LogP contribution in [-0.4, -0.2) is 97.5 Å². The largest absolute Gasteiger partial charge is 0.457 e. The molecule has 12 nitrogen and oxygen atoms in total. The molecule has 0 aromatic carbocycles. The molecule has 0 amide bonds. The van der Waals surface area contributed by atoms with E-state index in [1.807, 2.05) is 0 Å². The van der Waals surface area contributed by atoms with Crippen LogP contribution in [0.5, 0.6) is 0 Å². The molecule has 0 spiro atoms. The fourth-order valence-electron chi connectivity index (χ4n) is 5.42. The third-order valence-electron chi connectivity index (χ3n) is 8.28. The van der Waals surface area contributed by atoms with Crippen LogP contribution in [0.15, 0.2) is 24.3 Å². The predicted octanol–water partition coefficient (Wildman–Crippen LogP) is 6.12. The molecule has 1 aliphatic heterocycles. The molecule has 4 N–H and O–H groups in total. The van der Waals surface area contributed by atoms with Crippen molar-refractivity contribution < 1.29 is 56.2 Å². The standard InChI is InChI=1S/C36H66O12S/c1-3-5-7-9-11-13-15-16-18-20-22-24-26-44-28-30(46-32(38)25-23-21-19-17-14-12-10-8-6-4-2)29-45-36-34(40)35(48-49(41,42)43)33(39)31(27-37)47-36/h8-11,30-31,33-37,39-40H,3-7,12-29H2,1-2H3,(H,41,42,43)/b10-8-,11-9-. The number of aliphatic hydroxyl groups excluding tert-OH is 3. The van der Waals surface area contributed by atoms with Crippen molar-refractivity contribution in [2.24, 2.45) is 0 Å². The second-order valence-electron chi connectivity index (χ2n) is 12.8.